The molecule has 0 unspecified atom stereocenters. The van der Waals surface area contributed by atoms with Crippen LogP contribution in [0.2, 0.25) is 0 Å². The molecular weight excluding hydrogens is 204 g/mol. The maximum atomic E-state index is 8.49. The molecule has 0 N–H and O–H groups in total. The highest BCUT2D eigenvalue weighted by atomic mass is 35.7. The van der Waals surface area contributed by atoms with Gasteiger partial charge in [0, 0.05) is 13.8 Å². The number of cyclic esters (lactones) is 1. The van der Waals surface area contributed by atoms with Crippen molar-refractivity contribution in [3.05, 3.63) is 0 Å². The molecule has 0 aliphatic carbocycles. The van der Waals surface area contributed by atoms with Gasteiger partial charge in [-0.25, -0.2) is 18.6 Å². The SMILES string of the molecule is CC1=[O+][C@H](C)[C@H](C)O1.[O-][Cl+3]([O-])([O-])[O-]. The smallest absolute Gasteiger partial charge is 0.312 e. The monoisotopic (exact) mass is 214 g/mol. The first-order valence-electron chi connectivity index (χ1n) is 3.48. The van der Waals surface area contributed by atoms with Gasteiger partial charge in [0.2, 0.25) is 0 Å². The Morgan fingerprint density at radius 1 is 1.23 bits per heavy atom. The van der Waals surface area contributed by atoms with E-state index in [9.17, 15) is 0 Å². The fourth-order valence-corrected chi connectivity index (χ4v) is 0.743. The van der Waals surface area contributed by atoms with Crippen molar-refractivity contribution in [2.75, 3.05) is 0 Å². The topological polar surface area (TPSA) is 113 Å². The minimum atomic E-state index is -4.94. The fraction of sp³-hybridized carbons (Fsp3) is 0.833. The summed E-state index contributed by atoms with van der Waals surface area (Å²) in [5, 5.41) is 0. The maximum absolute atomic E-state index is 8.49. The van der Waals surface area contributed by atoms with Crippen LogP contribution in [0.4, 0.5) is 0 Å². The van der Waals surface area contributed by atoms with E-state index in [0.717, 1.165) is 0 Å². The molecule has 0 amide bonds. The van der Waals surface area contributed by atoms with Crippen molar-refractivity contribution in [1.82, 2.24) is 0 Å². The number of hydrogen-bond acceptors (Lipinski definition) is 5. The lowest BCUT2D eigenvalue weighted by Gasteiger charge is -2.17. The van der Waals surface area contributed by atoms with Crippen LogP contribution in [0.15, 0.2) is 0 Å². The largest absolute Gasteiger partial charge is 0.482 e. The molecule has 1 heterocycles. The van der Waals surface area contributed by atoms with Crippen LogP contribution >= 0.6 is 0 Å². The quantitative estimate of drug-likeness (QED) is 0.302. The van der Waals surface area contributed by atoms with E-state index in [1.165, 1.54) is 0 Å². The first-order valence-corrected chi connectivity index (χ1v) is 4.72. The van der Waals surface area contributed by atoms with Gasteiger partial charge in [-0.3, -0.25) is 0 Å². The van der Waals surface area contributed by atoms with Crippen LogP contribution in [-0.2, 0) is 9.16 Å². The van der Waals surface area contributed by atoms with Gasteiger partial charge in [0.1, 0.15) is 0 Å². The molecule has 7 heteroatoms. The van der Waals surface area contributed by atoms with E-state index in [2.05, 4.69) is 0 Å². The molecule has 0 aromatic carbocycles. The lowest BCUT2D eigenvalue weighted by molar-refractivity contribution is -2.00. The second kappa shape index (κ2) is 4.73. The molecule has 0 spiro atoms. The molecule has 0 fully saturated rings. The number of halogens is 1. The van der Waals surface area contributed by atoms with E-state index in [0.29, 0.717) is 5.97 Å². The van der Waals surface area contributed by atoms with Crippen molar-refractivity contribution in [3.8, 4) is 0 Å². The number of carbonyl (C=O) groups excluding carboxylic acids is 1. The predicted octanol–water partition coefficient (Wildman–Crippen LogP) is -3.88. The normalized spacial score (nSPS) is 27.2. The molecule has 78 valence electrons. The summed E-state index contributed by atoms with van der Waals surface area (Å²) < 4.78 is 44.3. The van der Waals surface area contributed by atoms with Gasteiger partial charge in [-0.1, -0.05) is 0 Å². The molecule has 1 rings (SSSR count). The maximum Gasteiger partial charge on any atom is 0.482 e. The van der Waals surface area contributed by atoms with Crippen molar-refractivity contribution < 1.29 is 38.0 Å². The Balaban J connectivity index is 0.000000252. The third-order valence-electron chi connectivity index (χ3n) is 1.36. The lowest BCUT2D eigenvalue weighted by atomic mass is 10.3. The van der Waals surface area contributed by atoms with Gasteiger partial charge in [-0.05, 0) is 0 Å². The molecule has 0 saturated heterocycles. The predicted molar refractivity (Wildman–Crippen MR) is 30.7 cm³/mol. The summed E-state index contributed by atoms with van der Waals surface area (Å²) in [5.74, 6) is 0.699. The molecule has 0 radical (unpaired) electrons. The Labute approximate surface area is 77.8 Å². The Kier molecular flexibility index (Phi) is 4.58. The van der Waals surface area contributed by atoms with E-state index in [4.69, 9.17) is 27.8 Å². The zero-order valence-electron chi connectivity index (χ0n) is 7.48. The van der Waals surface area contributed by atoms with Crippen LogP contribution in [0.5, 0.6) is 0 Å². The molecular formula is C6H11ClO6. The van der Waals surface area contributed by atoms with Crippen molar-refractivity contribution in [2.24, 2.45) is 0 Å². The van der Waals surface area contributed by atoms with E-state index in [1.54, 1.807) is 0 Å². The van der Waals surface area contributed by atoms with Crippen LogP contribution in [0.1, 0.15) is 20.8 Å². The summed E-state index contributed by atoms with van der Waals surface area (Å²) in [6, 6.07) is 0. The number of esters is 1. The van der Waals surface area contributed by atoms with Gasteiger partial charge in [0.25, 0.3) is 12.2 Å². The molecule has 2 atom stereocenters. The number of ether oxygens (including phenoxy) is 1. The molecule has 0 saturated carbocycles. The minimum Gasteiger partial charge on any atom is -0.312 e. The number of rotatable bonds is 0. The third-order valence-corrected chi connectivity index (χ3v) is 1.36. The van der Waals surface area contributed by atoms with Crippen LogP contribution in [0.25, 0.3) is 0 Å². The Bertz CT molecular complexity index is 180. The average molecular weight is 215 g/mol. The summed E-state index contributed by atoms with van der Waals surface area (Å²) in [7, 11) is -4.94. The highest BCUT2D eigenvalue weighted by Gasteiger charge is 2.33. The highest BCUT2D eigenvalue weighted by Crippen LogP contribution is 2.06. The van der Waals surface area contributed by atoms with Crippen LogP contribution in [-0.4, -0.2) is 18.2 Å². The van der Waals surface area contributed by atoms with E-state index >= 15 is 0 Å². The lowest BCUT2D eigenvalue weighted by Crippen LogP contribution is -2.68. The second-order valence-corrected chi connectivity index (χ2v) is 3.27. The second-order valence-electron chi connectivity index (χ2n) is 2.52. The zero-order chi connectivity index (χ0) is 10.6. The summed E-state index contributed by atoms with van der Waals surface area (Å²) in [4.78, 5) is 0. The molecule has 0 bridgehead atoms. The third kappa shape index (κ3) is 7.94. The zero-order valence-corrected chi connectivity index (χ0v) is 8.24. The van der Waals surface area contributed by atoms with Gasteiger partial charge >= 0.3 is 5.97 Å². The van der Waals surface area contributed by atoms with Crippen LogP contribution < -0.4 is 18.6 Å². The molecule has 6 nitrogen and oxygen atoms in total. The molecule has 13 heavy (non-hydrogen) atoms. The minimum absolute atomic E-state index is 0.231. The summed E-state index contributed by atoms with van der Waals surface area (Å²) in [6.45, 7) is 5.84. The van der Waals surface area contributed by atoms with Crippen molar-refractivity contribution in [1.29, 1.82) is 0 Å². The first-order chi connectivity index (χ1) is 5.70. The van der Waals surface area contributed by atoms with Crippen molar-refractivity contribution >= 4 is 5.97 Å². The van der Waals surface area contributed by atoms with E-state index in [-0.39, 0.29) is 12.2 Å². The van der Waals surface area contributed by atoms with Crippen molar-refractivity contribution in [3.63, 3.8) is 0 Å². The fourth-order valence-electron chi connectivity index (χ4n) is 0.743. The summed E-state index contributed by atoms with van der Waals surface area (Å²) in [6.07, 6.45) is 0.463. The van der Waals surface area contributed by atoms with Crippen LogP contribution in [0.3, 0.4) is 0 Å². The molecule has 0 aromatic rings. The van der Waals surface area contributed by atoms with Gasteiger partial charge in [0.15, 0.2) is 0 Å². The Morgan fingerprint density at radius 3 is 1.69 bits per heavy atom. The van der Waals surface area contributed by atoms with Gasteiger partial charge in [-0.2, -0.15) is 0 Å². The molecule has 1 aliphatic rings. The Hall–Kier alpha value is -0.400. The first kappa shape index (κ1) is 12.6. The molecule has 0 aromatic heterocycles. The van der Waals surface area contributed by atoms with E-state index < -0.39 is 10.2 Å². The number of hydrogen-bond donors (Lipinski definition) is 0. The molecule has 1 aliphatic heterocycles. The van der Waals surface area contributed by atoms with Gasteiger partial charge < -0.3 is 9.16 Å². The summed E-state index contributed by atoms with van der Waals surface area (Å²) >= 11 is 0. The van der Waals surface area contributed by atoms with Crippen molar-refractivity contribution in [2.45, 2.75) is 33.0 Å². The standard InChI is InChI=1S/C6H11O2.ClHO4/c1-4-5(2)8-6(3)7-4;2-1(3,4)5/h4-5H,1-3H3;(H,2,3,4,5)/q+1;/p-1/t4-,5+;. The van der Waals surface area contributed by atoms with Gasteiger partial charge in [0.05, 0.1) is 6.92 Å². The average Bonchev–Trinajstić information content (AvgIpc) is 2.05. The summed E-state index contributed by atoms with van der Waals surface area (Å²) in [5.41, 5.74) is 0. The highest BCUT2D eigenvalue weighted by molar-refractivity contribution is 5.67. The van der Waals surface area contributed by atoms with E-state index in [1.807, 2.05) is 20.8 Å². The van der Waals surface area contributed by atoms with Gasteiger partial charge in [-0.15, -0.1) is 10.2 Å². The Morgan fingerprint density at radius 2 is 1.62 bits per heavy atom. The van der Waals surface area contributed by atoms with Crippen LogP contribution in [0, 0.1) is 10.2 Å².